The zero-order valence-electron chi connectivity index (χ0n) is 15.4. The maximum atomic E-state index is 13.4. The van der Waals surface area contributed by atoms with Crippen molar-refractivity contribution in [1.82, 2.24) is 19.4 Å². The molecule has 0 saturated carbocycles. The van der Waals surface area contributed by atoms with E-state index in [2.05, 4.69) is 5.32 Å². The van der Waals surface area contributed by atoms with E-state index in [9.17, 15) is 26.8 Å². The minimum Gasteiger partial charge on any atom is -0.326 e. The number of carbonyl (C=O) groups excluding carboxylic acids is 2. The second-order valence-electron chi connectivity index (χ2n) is 6.80. The molecule has 0 unspecified atom stereocenters. The standard InChI is InChI=1S/C17H22F2N4O4S/c1-2-3-15-16(24)23(17(25)20-15)11-21-6-8-22(9-7-21)28(26,27)12-4-5-13(18)14(19)10-12/h4-5,10,15H,2-3,6-9,11H2,1H3,(H,20,25)/t15-/m1/s1. The lowest BCUT2D eigenvalue weighted by atomic mass is 10.2. The van der Waals surface area contributed by atoms with E-state index in [0.29, 0.717) is 25.6 Å². The first kappa shape index (κ1) is 20.6. The highest BCUT2D eigenvalue weighted by Gasteiger charge is 2.39. The van der Waals surface area contributed by atoms with Gasteiger partial charge in [0.05, 0.1) is 11.6 Å². The molecule has 1 atom stereocenters. The number of hydrogen-bond donors (Lipinski definition) is 1. The largest absolute Gasteiger partial charge is 0.326 e. The third-order valence-electron chi connectivity index (χ3n) is 4.89. The van der Waals surface area contributed by atoms with Gasteiger partial charge in [0.25, 0.3) is 5.91 Å². The van der Waals surface area contributed by atoms with Gasteiger partial charge >= 0.3 is 6.03 Å². The number of rotatable bonds is 6. The molecule has 2 aliphatic rings. The van der Waals surface area contributed by atoms with Gasteiger partial charge in [-0.2, -0.15) is 4.31 Å². The molecule has 154 valence electrons. The van der Waals surface area contributed by atoms with Gasteiger partial charge in [0, 0.05) is 26.2 Å². The predicted octanol–water partition coefficient (Wildman–Crippen LogP) is 0.949. The Morgan fingerprint density at radius 3 is 2.39 bits per heavy atom. The molecule has 2 fully saturated rings. The third kappa shape index (κ3) is 4.01. The van der Waals surface area contributed by atoms with E-state index in [1.165, 1.54) is 4.31 Å². The lowest BCUT2D eigenvalue weighted by molar-refractivity contribution is -0.129. The number of benzene rings is 1. The Hall–Kier alpha value is -2.11. The molecule has 3 rings (SSSR count). The molecule has 0 spiro atoms. The maximum Gasteiger partial charge on any atom is 0.325 e. The van der Waals surface area contributed by atoms with Gasteiger partial charge in [0.2, 0.25) is 10.0 Å². The van der Waals surface area contributed by atoms with Gasteiger partial charge in [-0.3, -0.25) is 9.69 Å². The number of sulfonamides is 1. The summed E-state index contributed by atoms with van der Waals surface area (Å²) in [6.45, 7) is 2.85. The van der Waals surface area contributed by atoms with Crippen molar-refractivity contribution < 1.29 is 26.8 Å². The van der Waals surface area contributed by atoms with Crippen LogP contribution in [0.4, 0.5) is 13.6 Å². The molecule has 28 heavy (non-hydrogen) atoms. The average Bonchev–Trinajstić information content (AvgIpc) is 2.92. The molecular weight excluding hydrogens is 394 g/mol. The third-order valence-corrected chi connectivity index (χ3v) is 6.78. The zero-order valence-corrected chi connectivity index (χ0v) is 16.2. The van der Waals surface area contributed by atoms with Crippen LogP contribution in [0.5, 0.6) is 0 Å². The van der Waals surface area contributed by atoms with Crippen LogP contribution in [0, 0.1) is 11.6 Å². The molecule has 1 aromatic rings. The van der Waals surface area contributed by atoms with Crippen molar-refractivity contribution in [3.05, 3.63) is 29.8 Å². The van der Waals surface area contributed by atoms with Crippen molar-refractivity contribution in [3.63, 3.8) is 0 Å². The van der Waals surface area contributed by atoms with Gasteiger partial charge in [-0.25, -0.2) is 26.9 Å². The van der Waals surface area contributed by atoms with Crippen LogP contribution >= 0.6 is 0 Å². The number of urea groups is 1. The zero-order chi connectivity index (χ0) is 20.5. The minimum absolute atomic E-state index is 0.0872. The highest BCUT2D eigenvalue weighted by Crippen LogP contribution is 2.20. The first-order valence-corrected chi connectivity index (χ1v) is 10.5. The number of nitrogens with zero attached hydrogens (tertiary/aromatic N) is 3. The Balaban J connectivity index is 1.60. The summed E-state index contributed by atoms with van der Waals surface area (Å²) in [5.41, 5.74) is 0. The van der Waals surface area contributed by atoms with Crippen molar-refractivity contribution >= 4 is 22.0 Å². The van der Waals surface area contributed by atoms with Crippen LogP contribution < -0.4 is 5.32 Å². The highest BCUT2D eigenvalue weighted by atomic mass is 32.2. The number of carbonyl (C=O) groups is 2. The molecule has 1 N–H and O–H groups in total. The average molecular weight is 416 g/mol. The lowest BCUT2D eigenvalue weighted by Gasteiger charge is -2.35. The van der Waals surface area contributed by atoms with Crippen LogP contribution in [0.2, 0.25) is 0 Å². The van der Waals surface area contributed by atoms with Crippen molar-refractivity contribution in [3.8, 4) is 0 Å². The van der Waals surface area contributed by atoms with Gasteiger partial charge in [-0.15, -0.1) is 0 Å². The number of halogens is 2. The SMILES string of the molecule is CCC[C@H]1NC(=O)N(CN2CCN(S(=O)(=O)c3ccc(F)c(F)c3)CC2)C1=O. The summed E-state index contributed by atoms with van der Waals surface area (Å²) in [4.78, 5) is 26.9. The molecule has 3 amide bonds. The molecule has 0 aliphatic carbocycles. The molecule has 0 aromatic heterocycles. The smallest absolute Gasteiger partial charge is 0.325 e. The van der Waals surface area contributed by atoms with Gasteiger partial charge < -0.3 is 5.32 Å². The topological polar surface area (TPSA) is 90.0 Å². The van der Waals surface area contributed by atoms with Crippen LogP contribution in [-0.4, -0.2) is 73.4 Å². The molecule has 2 heterocycles. The van der Waals surface area contributed by atoms with Crippen molar-refractivity contribution in [2.75, 3.05) is 32.8 Å². The van der Waals surface area contributed by atoms with E-state index < -0.39 is 33.7 Å². The Bertz CT molecular complexity index is 872. The Labute approximate surface area is 162 Å². The Morgan fingerprint density at radius 1 is 1.11 bits per heavy atom. The second-order valence-corrected chi connectivity index (χ2v) is 8.73. The molecule has 8 nitrogen and oxygen atoms in total. The summed E-state index contributed by atoms with van der Waals surface area (Å²) in [5, 5.41) is 2.65. The van der Waals surface area contributed by atoms with Crippen LogP contribution in [0.3, 0.4) is 0 Å². The molecular formula is C17H22F2N4O4S. The fraction of sp³-hybridized carbons (Fsp3) is 0.529. The predicted molar refractivity (Wildman–Crippen MR) is 95.6 cm³/mol. The van der Waals surface area contributed by atoms with E-state index in [1.54, 1.807) is 0 Å². The van der Waals surface area contributed by atoms with Crippen molar-refractivity contribution in [2.45, 2.75) is 30.7 Å². The van der Waals surface area contributed by atoms with Crippen LogP contribution in [-0.2, 0) is 14.8 Å². The molecule has 0 radical (unpaired) electrons. The van der Waals surface area contributed by atoms with E-state index in [4.69, 9.17) is 0 Å². The van der Waals surface area contributed by atoms with E-state index in [-0.39, 0.29) is 30.6 Å². The van der Waals surface area contributed by atoms with Gasteiger partial charge in [-0.05, 0) is 24.6 Å². The van der Waals surface area contributed by atoms with Gasteiger partial charge in [0.15, 0.2) is 11.6 Å². The summed E-state index contributed by atoms with van der Waals surface area (Å²) in [7, 11) is -3.95. The second kappa shape index (κ2) is 8.10. The van der Waals surface area contributed by atoms with E-state index in [0.717, 1.165) is 23.5 Å². The number of piperazine rings is 1. The first-order chi connectivity index (χ1) is 13.2. The van der Waals surface area contributed by atoms with Crippen molar-refractivity contribution in [1.29, 1.82) is 0 Å². The molecule has 11 heteroatoms. The normalized spacial score (nSPS) is 22.0. The number of imide groups is 1. The van der Waals surface area contributed by atoms with E-state index >= 15 is 0 Å². The summed E-state index contributed by atoms with van der Waals surface area (Å²) >= 11 is 0. The van der Waals surface area contributed by atoms with Crippen LogP contribution in [0.25, 0.3) is 0 Å². The quantitative estimate of drug-likeness (QED) is 0.698. The molecule has 2 aliphatic heterocycles. The first-order valence-electron chi connectivity index (χ1n) is 9.03. The summed E-state index contributed by atoms with van der Waals surface area (Å²) in [5.74, 6) is -2.61. The molecule has 0 bridgehead atoms. The van der Waals surface area contributed by atoms with Crippen LogP contribution in [0.1, 0.15) is 19.8 Å². The fourth-order valence-corrected chi connectivity index (χ4v) is 4.73. The maximum absolute atomic E-state index is 13.4. The Kier molecular flexibility index (Phi) is 5.96. The lowest BCUT2D eigenvalue weighted by Crippen LogP contribution is -2.52. The summed E-state index contributed by atoms with van der Waals surface area (Å²) in [6.07, 6.45) is 1.34. The highest BCUT2D eigenvalue weighted by molar-refractivity contribution is 7.89. The van der Waals surface area contributed by atoms with E-state index in [1.807, 2.05) is 11.8 Å². The Morgan fingerprint density at radius 2 is 1.79 bits per heavy atom. The fourth-order valence-electron chi connectivity index (χ4n) is 3.29. The summed E-state index contributed by atoms with van der Waals surface area (Å²) in [6, 6.07) is 1.52. The molecule has 2 saturated heterocycles. The van der Waals surface area contributed by atoms with Gasteiger partial charge in [0.1, 0.15) is 6.04 Å². The number of nitrogens with one attached hydrogen (secondary N) is 1. The number of hydrogen-bond acceptors (Lipinski definition) is 5. The van der Waals surface area contributed by atoms with Crippen LogP contribution in [0.15, 0.2) is 23.1 Å². The van der Waals surface area contributed by atoms with Gasteiger partial charge in [-0.1, -0.05) is 13.3 Å². The monoisotopic (exact) mass is 416 g/mol. The van der Waals surface area contributed by atoms with Crippen molar-refractivity contribution in [2.24, 2.45) is 0 Å². The number of amides is 3. The molecule has 1 aromatic carbocycles. The summed E-state index contributed by atoms with van der Waals surface area (Å²) < 4.78 is 52.8. The minimum atomic E-state index is -3.95.